The zero-order valence-electron chi connectivity index (χ0n) is 24.2. The van der Waals surface area contributed by atoms with Gasteiger partial charge in [-0.15, -0.1) is 0 Å². The summed E-state index contributed by atoms with van der Waals surface area (Å²) in [7, 11) is 0. The highest BCUT2D eigenvalue weighted by Gasteiger charge is 2.37. The average molecular weight is 624 g/mol. The van der Waals surface area contributed by atoms with Gasteiger partial charge >= 0.3 is 5.82 Å². The number of nitro benzene ring substituents is 2. The molecule has 0 spiro atoms. The lowest BCUT2D eigenvalue weighted by Crippen LogP contribution is -3.00. The van der Waals surface area contributed by atoms with E-state index in [1.165, 1.54) is 24.3 Å². The van der Waals surface area contributed by atoms with Gasteiger partial charge in [-0.3, -0.25) is 25.7 Å². The van der Waals surface area contributed by atoms with Crippen LogP contribution in [0.3, 0.4) is 0 Å². The predicted octanol–water partition coefficient (Wildman–Crippen LogP) is 4.02. The highest BCUT2D eigenvalue weighted by Crippen LogP contribution is 2.30. The van der Waals surface area contributed by atoms with E-state index in [-0.39, 0.29) is 29.8 Å². The molecule has 5 aromatic rings. The van der Waals surface area contributed by atoms with E-state index in [0.717, 1.165) is 49.0 Å². The molecule has 4 aromatic carbocycles. The predicted molar refractivity (Wildman–Crippen MR) is 167 cm³/mol. The van der Waals surface area contributed by atoms with E-state index < -0.39 is 9.85 Å². The molecular formula is C33H30ClN7O4. The molecule has 0 bridgehead atoms. The molecule has 1 fully saturated rings. The Morgan fingerprint density at radius 3 is 1.91 bits per heavy atom. The molecular weight excluding hydrogens is 594 g/mol. The molecule has 1 N–H and O–H groups in total. The summed E-state index contributed by atoms with van der Waals surface area (Å²) >= 11 is 0. The minimum atomic E-state index is -0.425. The van der Waals surface area contributed by atoms with E-state index in [0.29, 0.717) is 22.9 Å². The molecule has 12 heteroatoms. The van der Waals surface area contributed by atoms with Crippen LogP contribution in [0, 0.1) is 20.2 Å². The first-order valence-electron chi connectivity index (χ1n) is 14.5. The van der Waals surface area contributed by atoms with Gasteiger partial charge in [0, 0.05) is 29.8 Å². The molecule has 1 saturated carbocycles. The number of hydrogen-bond donors (Lipinski definition) is 1. The van der Waals surface area contributed by atoms with Crippen LogP contribution in [0.2, 0.25) is 0 Å². The summed E-state index contributed by atoms with van der Waals surface area (Å²) in [6, 6.07) is 32.1. The van der Waals surface area contributed by atoms with Crippen LogP contribution in [0.1, 0.15) is 49.5 Å². The number of halogens is 1. The SMILES string of the molecule is O=[N+]([O-])c1ccc(/C(=N\Nc2ccccc2)c2n(-c3ccccc3)nc(-c3ccc([N+](=O)[O-])cc3)[n+]2C2CCCCC2)cc1.[Cl-]. The van der Waals surface area contributed by atoms with Gasteiger partial charge in [0.05, 0.1) is 32.2 Å². The van der Waals surface area contributed by atoms with Crippen molar-refractivity contribution in [3.63, 3.8) is 0 Å². The van der Waals surface area contributed by atoms with Gasteiger partial charge in [0.15, 0.2) is 5.71 Å². The van der Waals surface area contributed by atoms with Crippen LogP contribution in [0.5, 0.6) is 0 Å². The summed E-state index contributed by atoms with van der Waals surface area (Å²) in [5.74, 6) is 1.34. The number of hydrazone groups is 1. The van der Waals surface area contributed by atoms with Gasteiger partial charge in [0.25, 0.3) is 17.2 Å². The van der Waals surface area contributed by atoms with Crippen LogP contribution in [0.25, 0.3) is 17.1 Å². The van der Waals surface area contributed by atoms with Gasteiger partial charge < -0.3 is 12.4 Å². The second kappa shape index (κ2) is 13.9. The van der Waals surface area contributed by atoms with Crippen molar-refractivity contribution in [2.45, 2.75) is 38.1 Å². The second-order valence-electron chi connectivity index (χ2n) is 10.6. The number of benzene rings is 4. The Labute approximate surface area is 265 Å². The van der Waals surface area contributed by atoms with Gasteiger partial charge in [-0.25, -0.2) is 4.57 Å². The van der Waals surface area contributed by atoms with Crippen molar-refractivity contribution in [1.29, 1.82) is 0 Å². The summed E-state index contributed by atoms with van der Waals surface area (Å²) in [6.07, 6.45) is 5.11. The van der Waals surface area contributed by atoms with E-state index in [2.05, 4.69) is 9.99 Å². The summed E-state index contributed by atoms with van der Waals surface area (Å²) in [6.45, 7) is 0. The van der Waals surface area contributed by atoms with Crippen LogP contribution in [-0.4, -0.2) is 25.3 Å². The first kappa shape index (κ1) is 31.0. The number of rotatable bonds is 9. The Balaban J connectivity index is 0.00000400. The fourth-order valence-electron chi connectivity index (χ4n) is 5.59. The lowest BCUT2D eigenvalue weighted by molar-refractivity contribution is -0.717. The third-order valence-electron chi connectivity index (χ3n) is 7.76. The maximum absolute atomic E-state index is 11.5. The van der Waals surface area contributed by atoms with Crippen molar-refractivity contribution in [2.24, 2.45) is 5.10 Å². The lowest BCUT2D eigenvalue weighted by atomic mass is 9.94. The van der Waals surface area contributed by atoms with Crippen LogP contribution in [-0.2, 0) is 0 Å². The van der Waals surface area contributed by atoms with Crippen molar-refractivity contribution in [3.8, 4) is 17.1 Å². The van der Waals surface area contributed by atoms with Gasteiger partial charge in [-0.05, 0) is 74.2 Å². The first-order valence-corrected chi connectivity index (χ1v) is 14.5. The summed E-state index contributed by atoms with van der Waals surface area (Å²) < 4.78 is 4.04. The van der Waals surface area contributed by atoms with Crippen molar-refractivity contribution >= 4 is 22.8 Å². The molecule has 0 atom stereocenters. The Bertz CT molecular complexity index is 1800. The molecule has 1 heterocycles. The topological polar surface area (TPSA) is 132 Å². The number of anilines is 1. The second-order valence-corrected chi connectivity index (χ2v) is 10.6. The Hall–Kier alpha value is -5.42. The van der Waals surface area contributed by atoms with E-state index in [9.17, 15) is 20.2 Å². The Morgan fingerprint density at radius 1 is 0.778 bits per heavy atom. The number of nitrogens with zero attached hydrogens (tertiary/aromatic N) is 6. The molecule has 6 rings (SSSR count). The van der Waals surface area contributed by atoms with E-state index in [1.54, 1.807) is 24.3 Å². The normalized spacial score (nSPS) is 13.6. The number of para-hydroxylation sites is 2. The van der Waals surface area contributed by atoms with Gasteiger partial charge in [0.1, 0.15) is 5.69 Å². The van der Waals surface area contributed by atoms with Crippen LogP contribution in [0.4, 0.5) is 17.1 Å². The third-order valence-corrected chi connectivity index (χ3v) is 7.76. The van der Waals surface area contributed by atoms with Crippen LogP contribution < -0.4 is 22.4 Å². The maximum Gasteiger partial charge on any atom is 0.310 e. The van der Waals surface area contributed by atoms with Crippen LogP contribution in [0.15, 0.2) is 114 Å². The molecule has 1 aliphatic rings. The summed E-state index contributed by atoms with van der Waals surface area (Å²) in [4.78, 5) is 22.1. The monoisotopic (exact) mass is 623 g/mol. The maximum atomic E-state index is 11.5. The minimum Gasteiger partial charge on any atom is -1.00 e. The van der Waals surface area contributed by atoms with Crippen LogP contribution >= 0.6 is 0 Å². The standard InChI is InChI=1S/C33H29N7O4.ClH/c41-39(42)29-20-16-24(17-21-29)31(35-34-26-10-4-1-5-11-26)33-37(27-12-6-2-7-13-27)32(25-18-22-30(23-19-25)40(43)44)36-38(33)28-14-8-3-9-15-28;/h1,3-5,8-11,14-23,27H,2,6-7,12-13H2;1H. The highest BCUT2D eigenvalue weighted by atomic mass is 35.5. The van der Waals surface area contributed by atoms with Gasteiger partial charge in [-0.2, -0.15) is 5.10 Å². The third kappa shape index (κ3) is 6.73. The molecule has 1 aromatic heterocycles. The zero-order valence-corrected chi connectivity index (χ0v) is 25.0. The van der Waals surface area contributed by atoms with E-state index in [4.69, 9.17) is 10.2 Å². The number of non-ortho nitro benzene ring substituents is 2. The molecule has 228 valence electrons. The van der Waals surface area contributed by atoms with Gasteiger partial charge in [0.2, 0.25) is 0 Å². The summed E-state index contributed by atoms with van der Waals surface area (Å²) in [5, 5.41) is 33.0. The van der Waals surface area contributed by atoms with E-state index in [1.807, 2.05) is 65.3 Å². The number of nitrogens with one attached hydrogen (secondary N) is 1. The number of aromatic nitrogens is 3. The molecule has 0 unspecified atom stereocenters. The lowest BCUT2D eigenvalue weighted by Gasteiger charge is -2.22. The molecule has 0 radical (unpaired) electrons. The smallest absolute Gasteiger partial charge is 0.310 e. The Kier molecular flexibility index (Phi) is 9.59. The minimum absolute atomic E-state index is 0. The van der Waals surface area contributed by atoms with Crippen molar-refractivity contribution in [2.75, 3.05) is 5.43 Å². The first-order chi connectivity index (χ1) is 21.5. The molecule has 11 nitrogen and oxygen atoms in total. The zero-order chi connectivity index (χ0) is 30.5. The fourth-order valence-corrected chi connectivity index (χ4v) is 5.59. The molecule has 0 saturated heterocycles. The Morgan fingerprint density at radius 2 is 1.33 bits per heavy atom. The average Bonchev–Trinajstić information content (AvgIpc) is 3.47. The molecule has 45 heavy (non-hydrogen) atoms. The van der Waals surface area contributed by atoms with Gasteiger partial charge in [-0.1, -0.05) is 47.5 Å². The molecule has 0 amide bonds. The largest absolute Gasteiger partial charge is 1.00 e. The van der Waals surface area contributed by atoms with E-state index >= 15 is 0 Å². The fraction of sp³-hybridized carbons (Fsp3) is 0.182. The van der Waals surface area contributed by atoms with Crippen molar-refractivity contribution in [3.05, 3.63) is 141 Å². The summed E-state index contributed by atoms with van der Waals surface area (Å²) in [5.41, 5.74) is 6.67. The number of hydrogen-bond acceptors (Lipinski definition) is 7. The van der Waals surface area contributed by atoms with Crippen molar-refractivity contribution in [1.82, 2.24) is 9.78 Å². The van der Waals surface area contributed by atoms with Crippen molar-refractivity contribution < 1.29 is 26.8 Å². The molecule has 1 aliphatic carbocycles. The highest BCUT2D eigenvalue weighted by molar-refractivity contribution is 6.10. The quantitative estimate of drug-likeness (QED) is 0.114. The molecule has 0 aliphatic heterocycles. The number of nitro groups is 2.